The lowest BCUT2D eigenvalue weighted by atomic mass is 9.78. The van der Waals surface area contributed by atoms with Gasteiger partial charge in [-0.25, -0.2) is 0 Å². The summed E-state index contributed by atoms with van der Waals surface area (Å²) in [5.41, 5.74) is 13.7. The minimum atomic E-state index is -0.182. The van der Waals surface area contributed by atoms with Crippen molar-refractivity contribution in [1.82, 2.24) is 0 Å². The van der Waals surface area contributed by atoms with Crippen LogP contribution in [0.5, 0.6) is 0 Å². The maximum absolute atomic E-state index is 6.47. The number of hydrogen-bond acceptors (Lipinski definition) is 2. The average molecular weight is 627 g/mol. The number of para-hydroxylation sites is 1. The van der Waals surface area contributed by atoms with Crippen LogP contribution in [0, 0.1) is 0 Å². The van der Waals surface area contributed by atoms with E-state index in [0.717, 1.165) is 38.5 Å². The molecule has 11 rings (SSSR count). The normalized spacial score (nSPS) is 13.7. The predicted molar refractivity (Wildman–Crippen MR) is 204 cm³/mol. The standard InChI is InChI=1S/C47H30O2/c1-47(2)39-15-7-5-13-34(39)45-35(30-20-21-41-37(25-30)33-12-6-8-16-40(33)48-41)23-31-19-18-29(24-36(31)46(45)47)32-14-9-17-42-44(32)38-22-27-10-3-4-11-28(27)26-43(38)49-42/h3-26H,1-2H3. The third-order valence-electron chi connectivity index (χ3n) is 11.0. The molecule has 10 aromatic rings. The average Bonchev–Trinajstić information content (AvgIpc) is 3.77. The first kappa shape index (κ1) is 26.9. The number of fused-ring (bicyclic) bond motifs is 12. The zero-order valence-corrected chi connectivity index (χ0v) is 27.2. The van der Waals surface area contributed by atoms with Crippen LogP contribution in [0.15, 0.2) is 154 Å². The van der Waals surface area contributed by atoms with Crippen LogP contribution in [-0.4, -0.2) is 0 Å². The summed E-state index contributed by atoms with van der Waals surface area (Å²) < 4.78 is 12.7. The monoisotopic (exact) mass is 626 g/mol. The van der Waals surface area contributed by atoms with Gasteiger partial charge in [0.25, 0.3) is 0 Å². The molecule has 2 heterocycles. The summed E-state index contributed by atoms with van der Waals surface area (Å²) in [6.07, 6.45) is 0. The lowest BCUT2D eigenvalue weighted by Crippen LogP contribution is -2.15. The van der Waals surface area contributed by atoms with Crippen molar-refractivity contribution in [3.05, 3.63) is 157 Å². The van der Waals surface area contributed by atoms with Gasteiger partial charge in [-0.1, -0.05) is 111 Å². The molecule has 1 aliphatic carbocycles. The third-order valence-corrected chi connectivity index (χ3v) is 11.0. The Hall–Kier alpha value is -6.12. The SMILES string of the molecule is CC1(C)c2ccccc2-c2c(-c3ccc4oc5ccccc5c4c3)cc3ccc(-c4cccc5oc6cc7ccccc7cc6c45)cc3c21. The Morgan fingerprint density at radius 1 is 0.408 bits per heavy atom. The minimum Gasteiger partial charge on any atom is -0.456 e. The van der Waals surface area contributed by atoms with Crippen molar-refractivity contribution in [2.75, 3.05) is 0 Å². The molecule has 0 saturated heterocycles. The second-order valence-electron chi connectivity index (χ2n) is 14.1. The Balaban J connectivity index is 1.19. The fourth-order valence-electron chi connectivity index (χ4n) is 8.75. The molecule has 0 unspecified atom stereocenters. The Kier molecular flexibility index (Phi) is 5.21. The van der Waals surface area contributed by atoms with Crippen molar-refractivity contribution < 1.29 is 8.83 Å². The molecule has 230 valence electrons. The van der Waals surface area contributed by atoms with E-state index in [0.29, 0.717) is 0 Å². The summed E-state index contributed by atoms with van der Waals surface area (Å²) in [6.45, 7) is 4.77. The lowest BCUT2D eigenvalue weighted by molar-refractivity contribution is 0.666. The highest BCUT2D eigenvalue weighted by Gasteiger charge is 2.38. The largest absolute Gasteiger partial charge is 0.456 e. The van der Waals surface area contributed by atoms with Crippen LogP contribution in [0.4, 0.5) is 0 Å². The molecule has 0 amide bonds. The van der Waals surface area contributed by atoms with E-state index in [1.165, 1.54) is 71.4 Å². The van der Waals surface area contributed by atoms with Crippen molar-refractivity contribution in [3.63, 3.8) is 0 Å². The van der Waals surface area contributed by atoms with E-state index >= 15 is 0 Å². The summed E-state index contributed by atoms with van der Waals surface area (Å²) >= 11 is 0. The summed E-state index contributed by atoms with van der Waals surface area (Å²) in [4.78, 5) is 0. The van der Waals surface area contributed by atoms with E-state index in [1.807, 2.05) is 12.1 Å². The van der Waals surface area contributed by atoms with Gasteiger partial charge in [0.15, 0.2) is 0 Å². The van der Waals surface area contributed by atoms with E-state index in [1.54, 1.807) is 0 Å². The van der Waals surface area contributed by atoms with E-state index in [4.69, 9.17) is 8.83 Å². The maximum atomic E-state index is 6.47. The van der Waals surface area contributed by atoms with Crippen LogP contribution < -0.4 is 0 Å². The Morgan fingerprint density at radius 2 is 1.08 bits per heavy atom. The molecule has 2 nitrogen and oxygen atoms in total. The molecule has 0 bridgehead atoms. The zero-order chi connectivity index (χ0) is 32.4. The van der Waals surface area contributed by atoms with Gasteiger partial charge >= 0.3 is 0 Å². The predicted octanol–water partition coefficient (Wildman–Crippen LogP) is 13.4. The van der Waals surface area contributed by atoms with Crippen LogP contribution >= 0.6 is 0 Å². The van der Waals surface area contributed by atoms with Crippen molar-refractivity contribution in [1.29, 1.82) is 0 Å². The molecule has 49 heavy (non-hydrogen) atoms. The molecule has 2 aromatic heterocycles. The molecule has 0 radical (unpaired) electrons. The summed E-state index contributed by atoms with van der Waals surface area (Å²) in [6, 6.07) is 52.8. The highest BCUT2D eigenvalue weighted by Crippen LogP contribution is 2.55. The molecular formula is C47H30O2. The van der Waals surface area contributed by atoms with Crippen molar-refractivity contribution in [2.45, 2.75) is 19.3 Å². The molecular weight excluding hydrogens is 597 g/mol. The van der Waals surface area contributed by atoms with Crippen molar-refractivity contribution in [2.24, 2.45) is 0 Å². The molecule has 0 atom stereocenters. The number of rotatable bonds is 2. The van der Waals surface area contributed by atoms with Gasteiger partial charge in [-0.3, -0.25) is 0 Å². The van der Waals surface area contributed by atoms with Gasteiger partial charge in [-0.2, -0.15) is 0 Å². The topological polar surface area (TPSA) is 26.3 Å². The highest BCUT2D eigenvalue weighted by atomic mass is 16.3. The molecule has 0 spiro atoms. The Bertz CT molecular complexity index is 3020. The van der Waals surface area contributed by atoms with Crippen LogP contribution in [0.2, 0.25) is 0 Å². The van der Waals surface area contributed by atoms with Gasteiger partial charge in [0.1, 0.15) is 22.3 Å². The van der Waals surface area contributed by atoms with Crippen molar-refractivity contribution in [3.8, 4) is 33.4 Å². The van der Waals surface area contributed by atoms with E-state index < -0.39 is 0 Å². The maximum Gasteiger partial charge on any atom is 0.136 e. The Morgan fingerprint density at radius 3 is 2.00 bits per heavy atom. The smallest absolute Gasteiger partial charge is 0.136 e. The number of hydrogen-bond donors (Lipinski definition) is 0. The zero-order valence-electron chi connectivity index (χ0n) is 27.2. The lowest BCUT2D eigenvalue weighted by Gasteiger charge is -2.24. The van der Waals surface area contributed by atoms with Crippen LogP contribution in [0.3, 0.4) is 0 Å². The van der Waals surface area contributed by atoms with E-state index in [-0.39, 0.29) is 5.41 Å². The molecule has 0 saturated carbocycles. The van der Waals surface area contributed by atoms with Gasteiger partial charge < -0.3 is 8.83 Å². The van der Waals surface area contributed by atoms with Gasteiger partial charge in [0, 0.05) is 27.0 Å². The first-order valence-electron chi connectivity index (χ1n) is 17.0. The van der Waals surface area contributed by atoms with E-state index in [2.05, 4.69) is 147 Å². The molecule has 2 heteroatoms. The quantitative estimate of drug-likeness (QED) is 0.191. The van der Waals surface area contributed by atoms with Gasteiger partial charge in [0.2, 0.25) is 0 Å². The molecule has 0 N–H and O–H groups in total. The van der Waals surface area contributed by atoms with Crippen molar-refractivity contribution >= 4 is 65.4 Å². The van der Waals surface area contributed by atoms with Crippen LogP contribution in [0.25, 0.3) is 98.8 Å². The molecule has 0 fully saturated rings. The molecule has 8 aromatic carbocycles. The van der Waals surface area contributed by atoms with Gasteiger partial charge in [-0.05, 0) is 115 Å². The second-order valence-corrected chi connectivity index (χ2v) is 14.1. The minimum absolute atomic E-state index is 0.182. The highest BCUT2D eigenvalue weighted by molar-refractivity contribution is 6.16. The fourth-order valence-corrected chi connectivity index (χ4v) is 8.75. The first-order valence-corrected chi connectivity index (χ1v) is 17.0. The van der Waals surface area contributed by atoms with Crippen LogP contribution in [-0.2, 0) is 5.41 Å². The molecule has 1 aliphatic rings. The summed E-state index contributed by atoms with van der Waals surface area (Å²) in [5.74, 6) is 0. The first-order chi connectivity index (χ1) is 24.0. The summed E-state index contributed by atoms with van der Waals surface area (Å²) in [7, 11) is 0. The fraction of sp³-hybridized carbons (Fsp3) is 0.0638. The van der Waals surface area contributed by atoms with Gasteiger partial charge in [0.05, 0.1) is 0 Å². The Labute approximate surface area is 282 Å². The van der Waals surface area contributed by atoms with Crippen LogP contribution in [0.1, 0.15) is 25.0 Å². The van der Waals surface area contributed by atoms with E-state index in [9.17, 15) is 0 Å². The number of furan rings is 2. The number of benzene rings is 8. The summed E-state index contributed by atoms with van der Waals surface area (Å²) in [5, 5.41) is 9.56. The molecule has 0 aliphatic heterocycles. The third kappa shape index (κ3) is 3.66. The second kappa shape index (κ2) is 9.49. The van der Waals surface area contributed by atoms with Gasteiger partial charge in [-0.15, -0.1) is 0 Å².